The summed E-state index contributed by atoms with van der Waals surface area (Å²) in [7, 11) is -3.46. The van der Waals surface area contributed by atoms with E-state index in [4.69, 9.17) is 5.26 Å². The Labute approximate surface area is 109 Å². The Morgan fingerprint density at radius 2 is 1.83 bits per heavy atom. The van der Waals surface area contributed by atoms with E-state index in [1.165, 1.54) is 28.6 Å². The molecular formula is C13H18N2O2S. The van der Waals surface area contributed by atoms with Gasteiger partial charge in [0.15, 0.2) is 0 Å². The van der Waals surface area contributed by atoms with Crippen LogP contribution in [0.4, 0.5) is 0 Å². The summed E-state index contributed by atoms with van der Waals surface area (Å²) in [5.74, 6) is 0. The third-order valence-electron chi connectivity index (χ3n) is 2.61. The fourth-order valence-electron chi connectivity index (χ4n) is 1.71. The van der Waals surface area contributed by atoms with Gasteiger partial charge in [-0.15, -0.1) is 0 Å². The van der Waals surface area contributed by atoms with Gasteiger partial charge in [0.05, 0.1) is 16.5 Å². The van der Waals surface area contributed by atoms with E-state index < -0.39 is 10.0 Å². The molecule has 4 nitrogen and oxygen atoms in total. The van der Waals surface area contributed by atoms with E-state index >= 15 is 0 Å². The monoisotopic (exact) mass is 266 g/mol. The molecule has 1 rings (SSSR count). The first kappa shape index (κ1) is 14.7. The molecule has 0 bridgehead atoms. The van der Waals surface area contributed by atoms with Crippen LogP contribution in [0.2, 0.25) is 0 Å². The topological polar surface area (TPSA) is 61.2 Å². The fourth-order valence-corrected chi connectivity index (χ4v) is 3.44. The van der Waals surface area contributed by atoms with Crippen molar-refractivity contribution in [2.24, 2.45) is 0 Å². The maximum absolute atomic E-state index is 12.4. The van der Waals surface area contributed by atoms with Crippen molar-refractivity contribution < 1.29 is 8.42 Å². The molecule has 0 aromatic heterocycles. The molecule has 0 aliphatic rings. The second-order valence-electron chi connectivity index (χ2n) is 4.35. The third-order valence-corrected chi connectivity index (χ3v) is 4.70. The van der Waals surface area contributed by atoms with Gasteiger partial charge >= 0.3 is 0 Å². The Bertz CT molecular complexity index is 527. The Balaban J connectivity index is 3.14. The lowest BCUT2D eigenvalue weighted by molar-refractivity contribution is 0.354. The molecule has 0 aliphatic heterocycles. The largest absolute Gasteiger partial charge is 0.243 e. The summed E-state index contributed by atoms with van der Waals surface area (Å²) in [4.78, 5) is 0.239. The molecule has 18 heavy (non-hydrogen) atoms. The van der Waals surface area contributed by atoms with Crippen molar-refractivity contribution in [3.05, 3.63) is 29.8 Å². The summed E-state index contributed by atoms with van der Waals surface area (Å²) in [6, 6.07) is 7.92. The average molecular weight is 266 g/mol. The van der Waals surface area contributed by atoms with Crippen LogP contribution in [-0.2, 0) is 10.0 Å². The summed E-state index contributed by atoms with van der Waals surface area (Å²) >= 11 is 0. The van der Waals surface area contributed by atoms with Gasteiger partial charge in [-0.05, 0) is 44.5 Å². The van der Waals surface area contributed by atoms with E-state index in [0.29, 0.717) is 12.1 Å². The van der Waals surface area contributed by atoms with Crippen LogP contribution in [0.5, 0.6) is 0 Å². The van der Waals surface area contributed by atoms with E-state index in [1.807, 2.05) is 26.8 Å². The molecule has 1 aromatic carbocycles. The first-order valence-electron chi connectivity index (χ1n) is 5.95. The molecule has 5 heteroatoms. The Kier molecular flexibility index (Phi) is 4.88. The lowest BCUT2D eigenvalue weighted by atomic mass is 10.2. The zero-order chi connectivity index (χ0) is 13.8. The van der Waals surface area contributed by atoms with Crippen molar-refractivity contribution in [1.82, 2.24) is 4.31 Å². The van der Waals surface area contributed by atoms with Gasteiger partial charge in [-0.25, -0.2) is 8.42 Å². The quantitative estimate of drug-likeness (QED) is 0.822. The van der Waals surface area contributed by atoms with E-state index in [-0.39, 0.29) is 10.9 Å². The van der Waals surface area contributed by atoms with Gasteiger partial charge in [-0.3, -0.25) is 0 Å². The lowest BCUT2D eigenvalue weighted by Gasteiger charge is -2.25. The van der Waals surface area contributed by atoms with Gasteiger partial charge < -0.3 is 0 Å². The number of nitrogens with zero attached hydrogens (tertiary/aromatic N) is 2. The molecule has 0 spiro atoms. The Morgan fingerprint density at radius 1 is 1.28 bits per heavy atom. The van der Waals surface area contributed by atoms with Crippen LogP contribution in [0.15, 0.2) is 29.2 Å². The minimum atomic E-state index is -3.46. The highest BCUT2D eigenvalue weighted by molar-refractivity contribution is 7.89. The molecule has 0 unspecified atom stereocenters. The predicted octanol–water partition coefficient (Wildman–Crippen LogP) is 2.37. The molecule has 0 radical (unpaired) electrons. The van der Waals surface area contributed by atoms with Crippen molar-refractivity contribution >= 4 is 10.0 Å². The van der Waals surface area contributed by atoms with Crippen molar-refractivity contribution in [2.45, 2.75) is 38.1 Å². The third kappa shape index (κ3) is 3.09. The normalized spacial score (nSPS) is 11.8. The number of rotatable bonds is 5. The van der Waals surface area contributed by atoms with Crippen LogP contribution >= 0.6 is 0 Å². The minimum absolute atomic E-state index is 0.0782. The molecule has 0 amide bonds. The SMILES string of the molecule is CCCN(C(C)C)S(=O)(=O)c1ccc(C#N)cc1. The molecule has 0 N–H and O–H groups in total. The first-order valence-corrected chi connectivity index (χ1v) is 7.39. The van der Waals surface area contributed by atoms with Crippen LogP contribution in [-0.4, -0.2) is 25.3 Å². The zero-order valence-corrected chi connectivity index (χ0v) is 11.7. The highest BCUT2D eigenvalue weighted by atomic mass is 32.2. The second-order valence-corrected chi connectivity index (χ2v) is 6.24. The van der Waals surface area contributed by atoms with Crippen LogP contribution in [0.1, 0.15) is 32.8 Å². The maximum atomic E-state index is 12.4. The second kappa shape index (κ2) is 5.98. The van der Waals surface area contributed by atoms with E-state index in [1.54, 1.807) is 0 Å². The van der Waals surface area contributed by atoms with Gasteiger partial charge in [0, 0.05) is 12.6 Å². The molecule has 0 saturated heterocycles. The minimum Gasteiger partial charge on any atom is -0.207 e. The van der Waals surface area contributed by atoms with Crippen molar-refractivity contribution in [3.63, 3.8) is 0 Å². The van der Waals surface area contributed by atoms with Gasteiger partial charge in [-0.2, -0.15) is 9.57 Å². The van der Waals surface area contributed by atoms with E-state index in [0.717, 1.165) is 6.42 Å². The van der Waals surface area contributed by atoms with Crippen LogP contribution in [0, 0.1) is 11.3 Å². The van der Waals surface area contributed by atoms with Gasteiger partial charge in [-0.1, -0.05) is 6.92 Å². The van der Waals surface area contributed by atoms with Gasteiger partial charge in [0.1, 0.15) is 0 Å². The van der Waals surface area contributed by atoms with Crippen LogP contribution in [0.3, 0.4) is 0 Å². The summed E-state index contributed by atoms with van der Waals surface area (Å²) < 4.78 is 26.3. The number of hydrogen-bond donors (Lipinski definition) is 0. The Hall–Kier alpha value is -1.38. The smallest absolute Gasteiger partial charge is 0.207 e. The average Bonchev–Trinajstić information content (AvgIpc) is 2.35. The zero-order valence-electron chi connectivity index (χ0n) is 10.9. The van der Waals surface area contributed by atoms with Gasteiger partial charge in [0.25, 0.3) is 0 Å². The van der Waals surface area contributed by atoms with Gasteiger partial charge in [0.2, 0.25) is 10.0 Å². The first-order chi connectivity index (χ1) is 8.43. The summed E-state index contributed by atoms with van der Waals surface area (Å²) in [6.07, 6.45) is 0.772. The van der Waals surface area contributed by atoms with E-state index in [9.17, 15) is 8.42 Å². The van der Waals surface area contributed by atoms with Crippen molar-refractivity contribution in [3.8, 4) is 6.07 Å². The summed E-state index contributed by atoms with van der Waals surface area (Å²) in [6.45, 7) is 6.16. The molecule has 1 aromatic rings. The number of hydrogen-bond acceptors (Lipinski definition) is 3. The number of nitriles is 1. The highest BCUT2D eigenvalue weighted by Gasteiger charge is 2.25. The number of benzene rings is 1. The molecule has 0 atom stereocenters. The van der Waals surface area contributed by atoms with E-state index in [2.05, 4.69) is 0 Å². The highest BCUT2D eigenvalue weighted by Crippen LogP contribution is 2.19. The molecule has 0 fully saturated rings. The van der Waals surface area contributed by atoms with Crippen molar-refractivity contribution in [1.29, 1.82) is 5.26 Å². The van der Waals surface area contributed by atoms with Crippen LogP contribution < -0.4 is 0 Å². The fraction of sp³-hybridized carbons (Fsp3) is 0.462. The standard InChI is InChI=1S/C13H18N2O2S/c1-4-9-15(11(2)3)18(16,17)13-7-5-12(10-14)6-8-13/h5-8,11H,4,9H2,1-3H3. The molecule has 0 saturated carbocycles. The summed E-state index contributed by atoms with van der Waals surface area (Å²) in [5, 5.41) is 8.70. The summed E-state index contributed by atoms with van der Waals surface area (Å²) in [5.41, 5.74) is 0.459. The lowest BCUT2D eigenvalue weighted by Crippen LogP contribution is -2.37. The molecule has 0 aliphatic carbocycles. The molecular weight excluding hydrogens is 248 g/mol. The Morgan fingerprint density at radius 3 is 2.22 bits per heavy atom. The molecule has 98 valence electrons. The number of sulfonamides is 1. The predicted molar refractivity (Wildman–Crippen MR) is 70.5 cm³/mol. The molecule has 0 heterocycles. The van der Waals surface area contributed by atoms with Crippen LogP contribution in [0.25, 0.3) is 0 Å². The maximum Gasteiger partial charge on any atom is 0.243 e. The van der Waals surface area contributed by atoms with Crippen molar-refractivity contribution in [2.75, 3.05) is 6.54 Å².